The second-order valence-corrected chi connectivity index (χ2v) is 7.14. The number of nitrogens with one attached hydrogen (secondary N) is 2. The van der Waals surface area contributed by atoms with Gasteiger partial charge in [0.1, 0.15) is 5.82 Å². The zero-order chi connectivity index (χ0) is 16.7. The molecule has 1 aliphatic heterocycles. The van der Waals surface area contributed by atoms with Crippen molar-refractivity contribution in [3.63, 3.8) is 0 Å². The van der Waals surface area contributed by atoms with Crippen molar-refractivity contribution in [3.05, 3.63) is 59.2 Å². The summed E-state index contributed by atoms with van der Waals surface area (Å²) in [6.45, 7) is 6.61. The van der Waals surface area contributed by atoms with Crippen LogP contribution in [0.3, 0.4) is 0 Å². The molecule has 24 heavy (non-hydrogen) atoms. The Morgan fingerprint density at radius 3 is 2.79 bits per heavy atom. The normalized spacial score (nSPS) is 24.4. The van der Waals surface area contributed by atoms with Crippen LogP contribution in [0.25, 0.3) is 11.0 Å². The van der Waals surface area contributed by atoms with Crippen LogP contribution in [0.4, 0.5) is 0 Å². The second kappa shape index (κ2) is 6.02. The van der Waals surface area contributed by atoms with Gasteiger partial charge in [-0.25, -0.2) is 9.97 Å². The first-order valence-electron chi connectivity index (χ1n) is 8.73. The van der Waals surface area contributed by atoms with E-state index < -0.39 is 0 Å². The summed E-state index contributed by atoms with van der Waals surface area (Å²) in [5.41, 5.74) is 6.09. The summed E-state index contributed by atoms with van der Waals surface area (Å²) >= 11 is 0. The highest BCUT2D eigenvalue weighted by atomic mass is 15.0. The number of aryl methyl sites for hydroxylation is 2. The number of fused-ring (bicyclic) bond motifs is 1. The number of nitrogens with zero attached hydrogens (tertiary/aromatic N) is 2. The van der Waals surface area contributed by atoms with Gasteiger partial charge < -0.3 is 10.3 Å². The predicted molar refractivity (Wildman–Crippen MR) is 97.1 cm³/mol. The van der Waals surface area contributed by atoms with Crippen molar-refractivity contribution in [3.8, 4) is 0 Å². The van der Waals surface area contributed by atoms with E-state index in [2.05, 4.69) is 54.3 Å². The van der Waals surface area contributed by atoms with Crippen molar-refractivity contribution in [1.29, 1.82) is 0 Å². The van der Waals surface area contributed by atoms with Crippen LogP contribution in [-0.2, 0) is 0 Å². The van der Waals surface area contributed by atoms with Crippen molar-refractivity contribution in [2.24, 2.45) is 0 Å². The maximum Gasteiger partial charge on any atom is 0.132 e. The summed E-state index contributed by atoms with van der Waals surface area (Å²) in [5.74, 6) is 1.37. The Hall–Kier alpha value is -2.20. The van der Waals surface area contributed by atoms with Crippen LogP contribution in [0.2, 0.25) is 0 Å². The SMILES string of the molecule is Cc1ccc(C2CC(c3ncc4[nH]ccc4n3)CC(C)N2)cc1C. The summed E-state index contributed by atoms with van der Waals surface area (Å²) < 4.78 is 0. The first kappa shape index (κ1) is 15.3. The fourth-order valence-electron chi connectivity index (χ4n) is 3.77. The number of rotatable bonds is 2. The maximum atomic E-state index is 4.78. The molecule has 4 rings (SSSR count). The van der Waals surface area contributed by atoms with Gasteiger partial charge in [0.25, 0.3) is 0 Å². The molecule has 3 atom stereocenters. The minimum absolute atomic E-state index is 0.364. The number of hydrogen-bond donors (Lipinski definition) is 2. The molecule has 3 unspecified atom stereocenters. The molecule has 1 fully saturated rings. The van der Waals surface area contributed by atoms with Gasteiger partial charge in [0.2, 0.25) is 0 Å². The smallest absolute Gasteiger partial charge is 0.132 e. The third-order valence-electron chi connectivity index (χ3n) is 5.26. The highest BCUT2D eigenvalue weighted by Crippen LogP contribution is 2.35. The molecule has 1 aliphatic rings. The first-order chi connectivity index (χ1) is 11.6. The molecule has 1 aromatic carbocycles. The molecule has 0 spiro atoms. The van der Waals surface area contributed by atoms with E-state index in [9.17, 15) is 0 Å². The van der Waals surface area contributed by atoms with Gasteiger partial charge in [-0.3, -0.25) is 0 Å². The van der Waals surface area contributed by atoms with Crippen LogP contribution < -0.4 is 5.32 Å². The Kier molecular flexibility index (Phi) is 3.85. The summed E-state index contributed by atoms with van der Waals surface area (Å²) in [5, 5.41) is 3.75. The minimum atomic E-state index is 0.364. The molecule has 0 radical (unpaired) electrons. The molecule has 3 heterocycles. The molecule has 2 aromatic heterocycles. The van der Waals surface area contributed by atoms with Gasteiger partial charge in [0.05, 0.1) is 17.2 Å². The molecule has 124 valence electrons. The van der Waals surface area contributed by atoms with Crippen LogP contribution in [0, 0.1) is 13.8 Å². The van der Waals surface area contributed by atoms with Crippen LogP contribution in [0.15, 0.2) is 36.7 Å². The van der Waals surface area contributed by atoms with Crippen molar-refractivity contribution in [2.45, 2.75) is 51.6 Å². The molecule has 2 N–H and O–H groups in total. The number of aromatic nitrogens is 3. The van der Waals surface area contributed by atoms with Gasteiger partial charge in [0, 0.05) is 24.2 Å². The second-order valence-electron chi connectivity index (χ2n) is 7.14. The van der Waals surface area contributed by atoms with Gasteiger partial charge in [0.15, 0.2) is 0 Å². The van der Waals surface area contributed by atoms with Crippen LogP contribution in [0.5, 0.6) is 0 Å². The summed E-state index contributed by atoms with van der Waals surface area (Å²) in [7, 11) is 0. The fourth-order valence-corrected chi connectivity index (χ4v) is 3.77. The molecule has 0 bridgehead atoms. The lowest BCUT2D eigenvalue weighted by atomic mass is 9.84. The first-order valence-corrected chi connectivity index (χ1v) is 8.73. The largest absolute Gasteiger partial charge is 0.359 e. The van der Waals surface area contributed by atoms with Gasteiger partial charge >= 0.3 is 0 Å². The molecule has 0 aliphatic carbocycles. The number of benzene rings is 1. The lowest BCUT2D eigenvalue weighted by Gasteiger charge is -2.34. The Morgan fingerprint density at radius 1 is 1.08 bits per heavy atom. The molecule has 3 aromatic rings. The monoisotopic (exact) mass is 320 g/mol. The maximum absolute atomic E-state index is 4.78. The van der Waals surface area contributed by atoms with E-state index in [-0.39, 0.29) is 0 Å². The summed E-state index contributed by atoms with van der Waals surface area (Å²) in [6, 6.07) is 9.64. The van der Waals surface area contributed by atoms with Gasteiger partial charge in [-0.2, -0.15) is 0 Å². The van der Waals surface area contributed by atoms with E-state index >= 15 is 0 Å². The average Bonchev–Trinajstić information content (AvgIpc) is 3.04. The van der Waals surface area contributed by atoms with E-state index in [4.69, 9.17) is 4.98 Å². The molecule has 1 saturated heterocycles. The highest BCUT2D eigenvalue weighted by molar-refractivity contribution is 5.73. The molecule has 0 amide bonds. The van der Waals surface area contributed by atoms with E-state index in [1.807, 2.05) is 18.5 Å². The molecule has 4 heteroatoms. The zero-order valence-electron chi connectivity index (χ0n) is 14.5. The molecular formula is C20H24N4. The van der Waals surface area contributed by atoms with Crippen molar-refractivity contribution >= 4 is 11.0 Å². The third kappa shape index (κ3) is 2.82. The average molecular weight is 320 g/mol. The standard InChI is InChI=1S/C20H24N4/c1-12-4-5-15(8-13(12)2)18-10-16(9-14(3)23-18)20-22-11-19-17(24-20)6-7-21-19/h4-8,11,14,16,18,21,23H,9-10H2,1-3H3. The highest BCUT2D eigenvalue weighted by Gasteiger charge is 2.29. The number of piperidine rings is 1. The summed E-state index contributed by atoms with van der Waals surface area (Å²) in [6.07, 6.45) is 5.96. The van der Waals surface area contributed by atoms with E-state index in [1.54, 1.807) is 0 Å². The van der Waals surface area contributed by atoms with Crippen molar-refractivity contribution in [2.75, 3.05) is 0 Å². The van der Waals surface area contributed by atoms with Crippen molar-refractivity contribution < 1.29 is 0 Å². The van der Waals surface area contributed by atoms with Crippen LogP contribution in [-0.4, -0.2) is 21.0 Å². The number of aromatic amines is 1. The van der Waals surface area contributed by atoms with Gasteiger partial charge in [-0.1, -0.05) is 18.2 Å². The predicted octanol–water partition coefficient (Wildman–Crippen LogP) is 4.17. The Labute approximate surface area is 142 Å². The van der Waals surface area contributed by atoms with Crippen LogP contribution >= 0.6 is 0 Å². The molecular weight excluding hydrogens is 296 g/mol. The van der Waals surface area contributed by atoms with Gasteiger partial charge in [-0.15, -0.1) is 0 Å². The molecule has 0 saturated carbocycles. The Morgan fingerprint density at radius 2 is 1.96 bits per heavy atom. The Balaban J connectivity index is 1.63. The topological polar surface area (TPSA) is 53.6 Å². The minimum Gasteiger partial charge on any atom is -0.359 e. The lowest BCUT2D eigenvalue weighted by molar-refractivity contribution is 0.300. The quantitative estimate of drug-likeness (QED) is 0.745. The Bertz CT molecular complexity index is 867. The molecule has 4 nitrogen and oxygen atoms in total. The van der Waals surface area contributed by atoms with Crippen molar-refractivity contribution in [1.82, 2.24) is 20.3 Å². The fraction of sp³-hybridized carbons (Fsp3) is 0.400. The van der Waals surface area contributed by atoms with E-state index in [1.165, 1.54) is 16.7 Å². The van der Waals surface area contributed by atoms with E-state index in [0.29, 0.717) is 18.0 Å². The number of hydrogen-bond acceptors (Lipinski definition) is 3. The van der Waals surface area contributed by atoms with Crippen LogP contribution in [0.1, 0.15) is 54.2 Å². The van der Waals surface area contributed by atoms with Gasteiger partial charge in [-0.05, 0) is 56.4 Å². The summed E-state index contributed by atoms with van der Waals surface area (Å²) in [4.78, 5) is 12.6. The third-order valence-corrected chi connectivity index (χ3v) is 5.26. The zero-order valence-corrected chi connectivity index (χ0v) is 14.5. The van der Waals surface area contributed by atoms with E-state index in [0.717, 1.165) is 29.7 Å². The number of H-pyrrole nitrogens is 1. The lowest BCUT2D eigenvalue weighted by Crippen LogP contribution is -2.38.